The normalized spacial score (nSPS) is 23.3. The Kier molecular flexibility index (Phi) is 7.28. The zero-order chi connectivity index (χ0) is 26.3. The van der Waals surface area contributed by atoms with Crippen molar-refractivity contribution >= 4 is 6.03 Å². The molecule has 0 saturated carbocycles. The predicted octanol–water partition coefficient (Wildman–Crippen LogP) is 6.13. The zero-order valence-corrected chi connectivity index (χ0v) is 20.0. The van der Waals surface area contributed by atoms with Crippen LogP contribution in [0, 0.1) is 18.8 Å². The Morgan fingerprint density at radius 2 is 1.69 bits per heavy atom. The molecule has 0 spiro atoms. The number of aryl methyl sites for hydroxylation is 1. The molecule has 2 aromatic carbocycles. The van der Waals surface area contributed by atoms with E-state index in [9.17, 15) is 31.1 Å². The van der Waals surface area contributed by atoms with E-state index in [1.165, 1.54) is 6.92 Å². The van der Waals surface area contributed by atoms with E-state index >= 15 is 0 Å². The molecule has 0 radical (unpaired) electrons. The van der Waals surface area contributed by atoms with Crippen LogP contribution in [-0.2, 0) is 12.4 Å². The SMILES string of the molecule is Cc1ccccc1[C@H]1[C@@H]2CNC[C@H]2CCN1C(=O)NC[C@H](C)c1cc(C(F)(F)F)cc(C(F)(F)F)c1. The predicted molar refractivity (Wildman–Crippen MR) is 123 cm³/mol. The Bertz CT molecular complexity index is 1070. The highest BCUT2D eigenvalue weighted by molar-refractivity contribution is 5.75. The summed E-state index contributed by atoms with van der Waals surface area (Å²) < 4.78 is 79.5. The van der Waals surface area contributed by atoms with Gasteiger partial charge in [-0.2, -0.15) is 26.3 Å². The standard InChI is InChI=1S/C26H29F6N3O/c1-15-5-3-4-6-21(15)23-22-14-33-13-17(22)7-8-35(23)24(36)34-12-16(2)18-9-19(25(27,28)29)11-20(10-18)26(30,31)32/h3-6,9-11,16-17,22-23,33H,7-8,12-14H2,1-2H3,(H,34,36)/t16-,17+,22+,23-/m0/s1. The first-order chi connectivity index (χ1) is 16.9. The number of hydrogen-bond acceptors (Lipinski definition) is 2. The lowest BCUT2D eigenvalue weighted by Gasteiger charge is -2.43. The summed E-state index contributed by atoms with van der Waals surface area (Å²) in [6, 6.07) is 8.87. The summed E-state index contributed by atoms with van der Waals surface area (Å²) >= 11 is 0. The lowest BCUT2D eigenvalue weighted by molar-refractivity contribution is -0.143. The van der Waals surface area contributed by atoms with Crippen molar-refractivity contribution in [2.75, 3.05) is 26.2 Å². The molecule has 0 bridgehead atoms. The number of carbonyl (C=O) groups is 1. The van der Waals surface area contributed by atoms with Crippen LogP contribution in [0.2, 0.25) is 0 Å². The number of hydrogen-bond donors (Lipinski definition) is 2. The van der Waals surface area contributed by atoms with Gasteiger partial charge < -0.3 is 15.5 Å². The number of nitrogens with zero attached hydrogens (tertiary/aromatic N) is 1. The van der Waals surface area contributed by atoms with Gasteiger partial charge in [-0.25, -0.2) is 4.79 Å². The summed E-state index contributed by atoms with van der Waals surface area (Å²) in [6.07, 6.45) is -9.01. The number of fused-ring (bicyclic) bond motifs is 1. The van der Waals surface area contributed by atoms with Crippen LogP contribution >= 0.6 is 0 Å². The molecule has 0 aliphatic carbocycles. The van der Waals surface area contributed by atoms with Crippen LogP contribution in [-0.4, -0.2) is 37.1 Å². The molecule has 4 nitrogen and oxygen atoms in total. The van der Waals surface area contributed by atoms with Gasteiger partial charge in [0.05, 0.1) is 17.2 Å². The second-order valence-corrected chi connectivity index (χ2v) is 9.79. The highest BCUT2D eigenvalue weighted by Gasteiger charge is 2.44. The van der Waals surface area contributed by atoms with Gasteiger partial charge in [0, 0.05) is 25.6 Å². The van der Waals surface area contributed by atoms with E-state index < -0.39 is 29.4 Å². The fraction of sp³-hybridized carbons (Fsp3) is 0.500. The van der Waals surface area contributed by atoms with Crippen LogP contribution < -0.4 is 10.6 Å². The number of piperidine rings is 1. The summed E-state index contributed by atoms with van der Waals surface area (Å²) in [5.41, 5.74) is -0.745. The molecule has 0 unspecified atom stereocenters. The van der Waals surface area contributed by atoms with Gasteiger partial charge in [0.25, 0.3) is 0 Å². The number of amides is 2. The van der Waals surface area contributed by atoms with Crippen molar-refractivity contribution < 1.29 is 31.1 Å². The number of benzene rings is 2. The maximum absolute atomic E-state index is 13.3. The summed E-state index contributed by atoms with van der Waals surface area (Å²) in [5.74, 6) is -0.107. The van der Waals surface area contributed by atoms with E-state index in [4.69, 9.17) is 0 Å². The van der Waals surface area contributed by atoms with Gasteiger partial charge in [-0.3, -0.25) is 0 Å². The quantitative estimate of drug-likeness (QED) is 0.484. The lowest BCUT2D eigenvalue weighted by atomic mass is 9.78. The van der Waals surface area contributed by atoms with Gasteiger partial charge in [0.1, 0.15) is 0 Å². The topological polar surface area (TPSA) is 44.4 Å². The van der Waals surface area contributed by atoms with Gasteiger partial charge in [-0.1, -0.05) is 31.2 Å². The summed E-state index contributed by atoms with van der Waals surface area (Å²) in [6.45, 7) is 5.57. The molecule has 2 amide bonds. The van der Waals surface area contributed by atoms with Gasteiger partial charge in [-0.15, -0.1) is 0 Å². The lowest BCUT2D eigenvalue weighted by Crippen LogP contribution is -2.50. The molecular weight excluding hydrogens is 484 g/mol. The molecule has 2 aliphatic heterocycles. The van der Waals surface area contributed by atoms with E-state index in [-0.39, 0.29) is 36.2 Å². The first kappa shape index (κ1) is 26.3. The van der Waals surface area contributed by atoms with Crippen LogP contribution in [0.1, 0.15) is 53.1 Å². The Morgan fingerprint density at radius 1 is 1.06 bits per heavy atom. The first-order valence-corrected chi connectivity index (χ1v) is 12.0. The van der Waals surface area contributed by atoms with E-state index in [1.807, 2.05) is 31.2 Å². The fourth-order valence-electron chi connectivity index (χ4n) is 5.38. The van der Waals surface area contributed by atoms with Crippen molar-refractivity contribution in [2.45, 2.75) is 44.6 Å². The summed E-state index contributed by atoms with van der Waals surface area (Å²) in [4.78, 5) is 15.1. The number of halogens is 6. The minimum Gasteiger partial charge on any atom is -0.337 e. The van der Waals surface area contributed by atoms with E-state index in [0.29, 0.717) is 12.5 Å². The number of alkyl halides is 6. The number of nitrogens with one attached hydrogen (secondary N) is 2. The van der Waals surface area contributed by atoms with Crippen molar-refractivity contribution in [2.24, 2.45) is 11.8 Å². The van der Waals surface area contributed by atoms with E-state index in [0.717, 1.165) is 42.8 Å². The second-order valence-electron chi connectivity index (χ2n) is 9.79. The van der Waals surface area contributed by atoms with Gasteiger partial charge in [-0.05, 0) is 66.6 Å². The van der Waals surface area contributed by atoms with E-state index in [1.54, 1.807) is 4.90 Å². The van der Waals surface area contributed by atoms with E-state index in [2.05, 4.69) is 10.6 Å². The van der Waals surface area contributed by atoms with Crippen molar-refractivity contribution in [1.82, 2.24) is 15.5 Å². The third-order valence-electron chi connectivity index (χ3n) is 7.38. The van der Waals surface area contributed by atoms with Gasteiger partial charge in [0.2, 0.25) is 0 Å². The molecule has 2 saturated heterocycles. The fourth-order valence-corrected chi connectivity index (χ4v) is 5.38. The van der Waals surface area contributed by atoms with Crippen molar-refractivity contribution in [3.63, 3.8) is 0 Å². The van der Waals surface area contributed by atoms with Crippen LogP contribution in [0.5, 0.6) is 0 Å². The molecule has 2 heterocycles. The molecule has 196 valence electrons. The average Bonchev–Trinajstić information content (AvgIpc) is 3.30. The minimum atomic E-state index is -4.92. The number of carbonyl (C=O) groups excluding carboxylic acids is 1. The average molecular weight is 514 g/mol. The number of likely N-dealkylation sites (tertiary alicyclic amines) is 1. The molecule has 2 aromatic rings. The Balaban J connectivity index is 1.54. The maximum Gasteiger partial charge on any atom is 0.416 e. The highest BCUT2D eigenvalue weighted by Crippen LogP contribution is 2.42. The molecule has 4 atom stereocenters. The molecule has 0 aromatic heterocycles. The van der Waals surface area contributed by atoms with Crippen molar-refractivity contribution in [1.29, 1.82) is 0 Å². The summed E-state index contributed by atoms with van der Waals surface area (Å²) in [7, 11) is 0. The Hall–Kier alpha value is -2.75. The third kappa shape index (κ3) is 5.48. The van der Waals surface area contributed by atoms with Crippen LogP contribution in [0.4, 0.5) is 31.1 Å². The largest absolute Gasteiger partial charge is 0.416 e. The van der Waals surface area contributed by atoms with Gasteiger partial charge >= 0.3 is 18.4 Å². The second kappa shape index (κ2) is 9.95. The first-order valence-electron chi connectivity index (χ1n) is 12.0. The van der Waals surface area contributed by atoms with Crippen molar-refractivity contribution in [3.05, 3.63) is 70.3 Å². The van der Waals surface area contributed by atoms with Crippen LogP contribution in [0.15, 0.2) is 42.5 Å². The molecule has 2 fully saturated rings. The Morgan fingerprint density at radius 3 is 2.31 bits per heavy atom. The molecular formula is C26H29F6N3O. The van der Waals surface area contributed by atoms with Crippen LogP contribution in [0.3, 0.4) is 0 Å². The molecule has 4 rings (SSSR count). The van der Waals surface area contributed by atoms with Crippen molar-refractivity contribution in [3.8, 4) is 0 Å². The molecule has 2 N–H and O–H groups in total. The van der Waals surface area contributed by atoms with Crippen LogP contribution in [0.25, 0.3) is 0 Å². The maximum atomic E-state index is 13.3. The molecule has 10 heteroatoms. The number of rotatable bonds is 4. The zero-order valence-electron chi connectivity index (χ0n) is 20.0. The van der Waals surface area contributed by atoms with Gasteiger partial charge in [0.15, 0.2) is 0 Å². The smallest absolute Gasteiger partial charge is 0.337 e. The third-order valence-corrected chi connectivity index (χ3v) is 7.38. The molecule has 36 heavy (non-hydrogen) atoms. The number of urea groups is 1. The molecule has 2 aliphatic rings. The minimum absolute atomic E-state index is 0.0965. The highest BCUT2D eigenvalue weighted by atomic mass is 19.4. The Labute approximate surface area is 206 Å². The monoisotopic (exact) mass is 513 g/mol. The summed E-state index contributed by atoms with van der Waals surface area (Å²) in [5, 5.41) is 6.18.